The average Bonchev–Trinajstić information content (AvgIpc) is 3.30. The van der Waals surface area contributed by atoms with Gasteiger partial charge in [0, 0.05) is 24.0 Å². The second kappa shape index (κ2) is 9.37. The smallest absolute Gasteiger partial charge is 0.270 e. The average molecular weight is 471 g/mol. The van der Waals surface area contributed by atoms with Crippen LogP contribution in [0.25, 0.3) is 22.0 Å². The van der Waals surface area contributed by atoms with Crippen molar-refractivity contribution in [3.8, 4) is 28.4 Å². The van der Waals surface area contributed by atoms with E-state index in [4.69, 9.17) is 14.2 Å². The maximum Gasteiger partial charge on any atom is 0.270 e. The molecule has 0 atom stereocenters. The van der Waals surface area contributed by atoms with Crippen molar-refractivity contribution in [2.45, 2.75) is 32.9 Å². The van der Waals surface area contributed by atoms with E-state index in [-0.39, 0.29) is 12.0 Å². The quantitative estimate of drug-likeness (QED) is 0.385. The molecule has 5 rings (SSSR count). The van der Waals surface area contributed by atoms with Gasteiger partial charge in [0.25, 0.3) is 5.91 Å². The SMILES string of the molecule is COc1cc2c(cc1OC)CN(C(=O)c1cc3cc(-c4ccc(OC(C)C)cc4)ccc3[nH]1)CC2. The standard InChI is InChI=1S/C29H30N2O4/c1-18(2)35-24-8-5-19(6-9-24)20-7-10-25-22(13-20)14-26(30-25)29(32)31-12-11-21-15-27(33-3)28(34-4)16-23(21)17-31/h5-10,13-16,18,30H,11-12,17H2,1-4H3. The number of benzene rings is 3. The molecule has 35 heavy (non-hydrogen) atoms. The minimum Gasteiger partial charge on any atom is -0.493 e. The van der Waals surface area contributed by atoms with Gasteiger partial charge in [-0.05, 0) is 85.0 Å². The lowest BCUT2D eigenvalue weighted by Crippen LogP contribution is -2.36. The Morgan fingerprint density at radius 2 is 1.57 bits per heavy atom. The Morgan fingerprint density at radius 3 is 2.26 bits per heavy atom. The van der Waals surface area contributed by atoms with Crippen molar-refractivity contribution in [1.29, 1.82) is 0 Å². The number of methoxy groups -OCH3 is 2. The molecule has 1 aliphatic heterocycles. The fraction of sp³-hybridized carbons (Fsp3) is 0.276. The lowest BCUT2D eigenvalue weighted by molar-refractivity contribution is 0.0729. The number of rotatable bonds is 6. The molecule has 0 fully saturated rings. The lowest BCUT2D eigenvalue weighted by atomic mass is 9.98. The van der Waals surface area contributed by atoms with E-state index in [2.05, 4.69) is 29.2 Å². The highest BCUT2D eigenvalue weighted by Crippen LogP contribution is 2.34. The zero-order chi connectivity index (χ0) is 24.5. The van der Waals surface area contributed by atoms with Gasteiger partial charge >= 0.3 is 0 Å². The van der Waals surface area contributed by atoms with Crippen LogP contribution in [-0.4, -0.2) is 42.7 Å². The van der Waals surface area contributed by atoms with Crippen molar-refractivity contribution in [2.24, 2.45) is 0 Å². The molecule has 0 saturated carbocycles. The topological polar surface area (TPSA) is 63.8 Å². The molecular formula is C29H30N2O4. The number of nitrogens with zero attached hydrogens (tertiary/aromatic N) is 1. The predicted molar refractivity (Wildman–Crippen MR) is 137 cm³/mol. The van der Waals surface area contributed by atoms with E-state index in [1.807, 2.05) is 55.1 Å². The van der Waals surface area contributed by atoms with Gasteiger partial charge in [-0.2, -0.15) is 0 Å². The number of ether oxygens (including phenoxy) is 3. The second-order valence-electron chi connectivity index (χ2n) is 9.13. The number of carbonyl (C=O) groups is 1. The number of fused-ring (bicyclic) bond motifs is 2. The van der Waals surface area contributed by atoms with Crippen LogP contribution in [0.5, 0.6) is 17.2 Å². The zero-order valence-electron chi connectivity index (χ0n) is 20.6. The molecule has 6 heteroatoms. The molecule has 0 radical (unpaired) electrons. The molecule has 0 aliphatic carbocycles. The third-order valence-electron chi connectivity index (χ3n) is 6.42. The summed E-state index contributed by atoms with van der Waals surface area (Å²) in [5.41, 5.74) is 6.03. The first-order chi connectivity index (χ1) is 16.9. The summed E-state index contributed by atoms with van der Waals surface area (Å²) in [5, 5.41) is 1.01. The molecule has 1 aromatic heterocycles. The number of aromatic amines is 1. The molecule has 3 aromatic carbocycles. The van der Waals surface area contributed by atoms with E-state index >= 15 is 0 Å². The molecule has 0 saturated heterocycles. The van der Waals surface area contributed by atoms with Gasteiger partial charge in [-0.25, -0.2) is 0 Å². The summed E-state index contributed by atoms with van der Waals surface area (Å²) < 4.78 is 16.6. The molecule has 4 aromatic rings. The minimum atomic E-state index is -0.00151. The van der Waals surface area contributed by atoms with Gasteiger partial charge in [-0.15, -0.1) is 0 Å². The fourth-order valence-corrected chi connectivity index (χ4v) is 4.65. The summed E-state index contributed by atoms with van der Waals surface area (Å²) in [5.74, 6) is 2.26. The third-order valence-corrected chi connectivity index (χ3v) is 6.42. The van der Waals surface area contributed by atoms with Gasteiger partial charge in [-0.3, -0.25) is 4.79 Å². The normalized spacial score (nSPS) is 13.1. The van der Waals surface area contributed by atoms with Gasteiger partial charge in [-0.1, -0.05) is 18.2 Å². The predicted octanol–water partition coefficient (Wildman–Crippen LogP) is 5.84. The first-order valence-corrected chi connectivity index (χ1v) is 11.9. The summed E-state index contributed by atoms with van der Waals surface area (Å²) in [6, 6.07) is 20.3. The van der Waals surface area contributed by atoms with Crippen LogP contribution in [0, 0.1) is 0 Å². The summed E-state index contributed by atoms with van der Waals surface area (Å²) >= 11 is 0. The van der Waals surface area contributed by atoms with Crippen molar-refractivity contribution >= 4 is 16.8 Å². The van der Waals surface area contributed by atoms with Crippen molar-refractivity contribution in [3.05, 3.63) is 77.5 Å². The van der Waals surface area contributed by atoms with Gasteiger partial charge in [0.2, 0.25) is 0 Å². The largest absolute Gasteiger partial charge is 0.493 e. The van der Waals surface area contributed by atoms with E-state index < -0.39 is 0 Å². The summed E-state index contributed by atoms with van der Waals surface area (Å²) in [6.45, 7) is 5.24. The van der Waals surface area contributed by atoms with E-state index in [9.17, 15) is 4.79 Å². The second-order valence-corrected chi connectivity index (χ2v) is 9.13. The number of aromatic nitrogens is 1. The maximum absolute atomic E-state index is 13.4. The van der Waals surface area contributed by atoms with Crippen LogP contribution in [0.2, 0.25) is 0 Å². The van der Waals surface area contributed by atoms with Gasteiger partial charge in [0.05, 0.1) is 20.3 Å². The number of hydrogen-bond acceptors (Lipinski definition) is 4. The summed E-state index contributed by atoms with van der Waals surface area (Å²) in [4.78, 5) is 18.6. The highest BCUT2D eigenvalue weighted by molar-refractivity contribution is 5.99. The van der Waals surface area contributed by atoms with Crippen LogP contribution in [0.15, 0.2) is 60.7 Å². The molecule has 1 amide bonds. The van der Waals surface area contributed by atoms with E-state index in [0.717, 1.165) is 45.5 Å². The number of hydrogen-bond donors (Lipinski definition) is 1. The molecule has 0 unspecified atom stereocenters. The van der Waals surface area contributed by atoms with Crippen LogP contribution < -0.4 is 14.2 Å². The van der Waals surface area contributed by atoms with Crippen molar-refractivity contribution in [1.82, 2.24) is 9.88 Å². The number of carbonyl (C=O) groups excluding carboxylic acids is 1. The fourth-order valence-electron chi connectivity index (χ4n) is 4.65. The Morgan fingerprint density at radius 1 is 0.886 bits per heavy atom. The Hall–Kier alpha value is -3.93. The number of H-pyrrole nitrogens is 1. The van der Waals surface area contributed by atoms with E-state index in [1.54, 1.807) is 14.2 Å². The van der Waals surface area contributed by atoms with Crippen molar-refractivity contribution in [3.63, 3.8) is 0 Å². The van der Waals surface area contributed by atoms with Crippen LogP contribution in [0.1, 0.15) is 35.5 Å². The first kappa shape index (κ1) is 22.8. The summed E-state index contributed by atoms with van der Waals surface area (Å²) in [6.07, 6.45) is 0.925. The van der Waals surface area contributed by atoms with Crippen molar-refractivity contribution < 1.29 is 19.0 Å². The Kier molecular flexibility index (Phi) is 6.12. The van der Waals surface area contributed by atoms with Gasteiger partial charge < -0.3 is 24.1 Å². The van der Waals surface area contributed by atoms with Crippen LogP contribution in [0.4, 0.5) is 0 Å². The van der Waals surface area contributed by atoms with E-state index in [0.29, 0.717) is 24.5 Å². The molecule has 0 spiro atoms. The minimum absolute atomic E-state index is 0.00151. The van der Waals surface area contributed by atoms with Crippen molar-refractivity contribution in [2.75, 3.05) is 20.8 Å². The summed E-state index contributed by atoms with van der Waals surface area (Å²) in [7, 11) is 3.27. The Balaban J connectivity index is 1.36. The lowest BCUT2D eigenvalue weighted by Gasteiger charge is -2.29. The number of nitrogens with one attached hydrogen (secondary N) is 1. The molecule has 180 valence electrons. The Labute approximate surface area is 205 Å². The van der Waals surface area contributed by atoms with E-state index in [1.165, 1.54) is 5.56 Å². The molecule has 6 nitrogen and oxygen atoms in total. The van der Waals surface area contributed by atoms with Crippen LogP contribution in [0.3, 0.4) is 0 Å². The third kappa shape index (κ3) is 4.56. The monoisotopic (exact) mass is 470 g/mol. The molecule has 1 N–H and O–H groups in total. The number of amides is 1. The molecular weight excluding hydrogens is 440 g/mol. The molecule has 0 bridgehead atoms. The maximum atomic E-state index is 13.4. The van der Waals surface area contributed by atoms with Crippen LogP contribution >= 0.6 is 0 Å². The Bertz CT molecular complexity index is 1370. The highest BCUT2D eigenvalue weighted by Gasteiger charge is 2.24. The highest BCUT2D eigenvalue weighted by atomic mass is 16.5. The molecule has 1 aliphatic rings. The first-order valence-electron chi connectivity index (χ1n) is 11.9. The van der Waals surface area contributed by atoms with Crippen LogP contribution in [-0.2, 0) is 13.0 Å². The van der Waals surface area contributed by atoms with Gasteiger partial charge in [0.15, 0.2) is 11.5 Å². The molecule has 2 heterocycles. The van der Waals surface area contributed by atoms with Gasteiger partial charge in [0.1, 0.15) is 11.4 Å². The zero-order valence-corrected chi connectivity index (χ0v) is 20.6.